The number of anilines is 1. The van der Waals surface area contributed by atoms with Gasteiger partial charge >= 0.3 is 0 Å². The first-order valence-electron chi connectivity index (χ1n) is 11.6. The van der Waals surface area contributed by atoms with Crippen LogP contribution in [-0.4, -0.2) is 48.4 Å². The number of aromatic nitrogens is 5. The Labute approximate surface area is 207 Å². The van der Waals surface area contributed by atoms with Gasteiger partial charge in [0.2, 0.25) is 11.8 Å². The molecule has 0 bridgehead atoms. The van der Waals surface area contributed by atoms with Gasteiger partial charge in [-0.3, -0.25) is 9.78 Å². The standard InChI is InChI=1S/C27H23N7O2/c1-3-23(35)34-13-19-18(20(19)14-34)8-9-21-24(25-26(28)31-15-32-27(25)33(21)2)16-4-6-17(7-5-16)36-22-12-29-10-11-30-22/h3-7,10-12,15,18-20H,1,13-14H2,2H3,(H2,28,31,32). The highest BCUT2D eigenvalue weighted by atomic mass is 16.5. The van der Waals surface area contributed by atoms with E-state index in [4.69, 9.17) is 10.5 Å². The molecule has 4 heterocycles. The van der Waals surface area contributed by atoms with Gasteiger partial charge < -0.3 is 19.9 Å². The normalized spacial score (nSPS) is 19.9. The van der Waals surface area contributed by atoms with Crippen molar-refractivity contribution >= 4 is 22.8 Å². The summed E-state index contributed by atoms with van der Waals surface area (Å²) in [7, 11) is 1.94. The van der Waals surface area contributed by atoms with Crippen LogP contribution < -0.4 is 10.5 Å². The average molecular weight is 478 g/mol. The van der Waals surface area contributed by atoms with Crippen LogP contribution in [0, 0.1) is 29.6 Å². The maximum Gasteiger partial charge on any atom is 0.245 e. The highest BCUT2D eigenvalue weighted by molar-refractivity contribution is 6.03. The lowest BCUT2D eigenvalue weighted by atomic mass is 10.0. The second-order valence-corrected chi connectivity index (χ2v) is 8.98. The minimum absolute atomic E-state index is 0.00864. The molecule has 1 saturated heterocycles. The Kier molecular flexibility index (Phi) is 5.15. The van der Waals surface area contributed by atoms with Crippen molar-refractivity contribution in [1.29, 1.82) is 0 Å². The molecular formula is C27H23N7O2. The van der Waals surface area contributed by atoms with E-state index < -0.39 is 0 Å². The van der Waals surface area contributed by atoms with E-state index in [2.05, 4.69) is 38.4 Å². The number of piperidine rings is 1. The van der Waals surface area contributed by atoms with Crippen LogP contribution in [0.5, 0.6) is 11.6 Å². The minimum Gasteiger partial charge on any atom is -0.438 e. The van der Waals surface area contributed by atoms with Crippen molar-refractivity contribution in [3.63, 3.8) is 0 Å². The van der Waals surface area contributed by atoms with E-state index in [1.54, 1.807) is 18.6 Å². The quantitative estimate of drug-likeness (QED) is 0.355. The Morgan fingerprint density at radius 3 is 2.64 bits per heavy atom. The summed E-state index contributed by atoms with van der Waals surface area (Å²) in [6.07, 6.45) is 7.58. The van der Waals surface area contributed by atoms with Crippen molar-refractivity contribution in [1.82, 2.24) is 29.4 Å². The monoisotopic (exact) mass is 477 g/mol. The summed E-state index contributed by atoms with van der Waals surface area (Å²) in [6.45, 7) is 5.06. The number of hydrogen-bond donors (Lipinski definition) is 1. The van der Waals surface area contributed by atoms with Crippen molar-refractivity contribution in [3.05, 3.63) is 67.5 Å². The van der Waals surface area contributed by atoms with E-state index in [1.807, 2.05) is 40.8 Å². The van der Waals surface area contributed by atoms with Crippen LogP contribution in [0.1, 0.15) is 5.69 Å². The van der Waals surface area contributed by atoms with Gasteiger partial charge in [-0.2, -0.15) is 0 Å². The summed E-state index contributed by atoms with van der Waals surface area (Å²) in [4.78, 5) is 30.6. The maximum atomic E-state index is 11.9. The zero-order chi connectivity index (χ0) is 24.8. The van der Waals surface area contributed by atoms with Crippen LogP contribution in [0.15, 0.2) is 61.8 Å². The zero-order valence-electron chi connectivity index (χ0n) is 19.6. The highest BCUT2D eigenvalue weighted by Crippen LogP contribution is 2.51. The number of fused-ring (bicyclic) bond motifs is 2. The van der Waals surface area contributed by atoms with Gasteiger partial charge in [0.05, 0.1) is 11.6 Å². The van der Waals surface area contributed by atoms with Crippen molar-refractivity contribution in [2.45, 2.75) is 0 Å². The second-order valence-electron chi connectivity index (χ2n) is 8.98. The molecule has 1 aliphatic carbocycles. The molecular weight excluding hydrogens is 454 g/mol. The number of nitrogens with two attached hydrogens (primary N) is 1. The van der Waals surface area contributed by atoms with Gasteiger partial charge in [0.1, 0.15) is 29.2 Å². The van der Waals surface area contributed by atoms with E-state index in [0.29, 0.717) is 29.3 Å². The summed E-state index contributed by atoms with van der Waals surface area (Å²) in [6, 6.07) is 7.67. The topological polar surface area (TPSA) is 112 Å². The molecule has 1 amide bonds. The molecule has 2 N–H and O–H groups in total. The molecule has 6 rings (SSSR count). The van der Waals surface area contributed by atoms with Gasteiger partial charge in [0.25, 0.3) is 0 Å². The fraction of sp³-hybridized carbons (Fsp3) is 0.222. The Morgan fingerprint density at radius 2 is 1.94 bits per heavy atom. The predicted octanol–water partition coefficient (Wildman–Crippen LogP) is 3.04. The van der Waals surface area contributed by atoms with Crippen LogP contribution in [0.3, 0.4) is 0 Å². The molecule has 9 nitrogen and oxygen atoms in total. The molecule has 0 radical (unpaired) electrons. The lowest BCUT2D eigenvalue weighted by molar-refractivity contribution is -0.125. The molecule has 9 heteroatoms. The van der Waals surface area contributed by atoms with Crippen molar-refractivity contribution in [3.8, 4) is 34.6 Å². The Morgan fingerprint density at radius 1 is 1.17 bits per heavy atom. The molecule has 36 heavy (non-hydrogen) atoms. The average Bonchev–Trinajstić information content (AvgIpc) is 3.21. The largest absolute Gasteiger partial charge is 0.438 e. The number of likely N-dealkylation sites (tertiary alicyclic amines) is 1. The molecule has 2 fully saturated rings. The predicted molar refractivity (Wildman–Crippen MR) is 135 cm³/mol. The minimum atomic E-state index is -0.00864. The molecule has 0 spiro atoms. The van der Waals surface area contributed by atoms with E-state index in [-0.39, 0.29) is 11.8 Å². The van der Waals surface area contributed by atoms with Gasteiger partial charge in [-0.1, -0.05) is 24.6 Å². The number of ether oxygens (including phenoxy) is 1. The van der Waals surface area contributed by atoms with Gasteiger partial charge in [-0.05, 0) is 41.5 Å². The summed E-state index contributed by atoms with van der Waals surface area (Å²) in [5.74, 6) is 9.44. The SMILES string of the molecule is C=CC(=O)N1CC2C(C#Cc3c(-c4ccc(Oc5cnccn5)cc4)c4c(N)ncnc4n3C)C2C1. The van der Waals surface area contributed by atoms with E-state index in [0.717, 1.165) is 40.9 Å². The van der Waals surface area contributed by atoms with E-state index in [1.165, 1.54) is 12.4 Å². The zero-order valence-corrected chi connectivity index (χ0v) is 19.6. The van der Waals surface area contributed by atoms with Gasteiger partial charge in [-0.15, -0.1) is 0 Å². The number of amides is 1. The third kappa shape index (κ3) is 3.64. The number of nitrogen functional groups attached to an aromatic ring is 1. The molecule has 2 atom stereocenters. The highest BCUT2D eigenvalue weighted by Gasteiger charge is 2.55. The van der Waals surface area contributed by atoms with Crippen LogP contribution >= 0.6 is 0 Å². The Hall–Kier alpha value is -4.71. The number of nitrogens with zero attached hydrogens (tertiary/aromatic N) is 6. The van der Waals surface area contributed by atoms with Crippen molar-refractivity contribution < 1.29 is 9.53 Å². The Balaban J connectivity index is 1.34. The van der Waals surface area contributed by atoms with Gasteiger partial charge in [0, 0.05) is 44.0 Å². The molecule has 1 aliphatic heterocycles. The summed E-state index contributed by atoms with van der Waals surface area (Å²) >= 11 is 0. The fourth-order valence-corrected chi connectivity index (χ4v) is 5.05. The summed E-state index contributed by atoms with van der Waals surface area (Å²) in [5.41, 5.74) is 9.67. The van der Waals surface area contributed by atoms with Crippen molar-refractivity contribution in [2.75, 3.05) is 18.8 Å². The first-order chi connectivity index (χ1) is 17.5. The van der Waals surface area contributed by atoms with Crippen LogP contribution in [0.2, 0.25) is 0 Å². The fourth-order valence-electron chi connectivity index (χ4n) is 5.05. The lowest BCUT2D eigenvalue weighted by Gasteiger charge is -2.16. The number of carbonyl (C=O) groups is 1. The number of rotatable bonds is 4. The van der Waals surface area contributed by atoms with E-state index in [9.17, 15) is 4.79 Å². The van der Waals surface area contributed by atoms with Crippen molar-refractivity contribution in [2.24, 2.45) is 24.8 Å². The number of carbonyl (C=O) groups excluding carboxylic acids is 1. The van der Waals surface area contributed by atoms with Gasteiger partial charge in [0.15, 0.2) is 0 Å². The molecule has 3 aromatic heterocycles. The molecule has 2 unspecified atom stereocenters. The number of aryl methyl sites for hydroxylation is 1. The molecule has 4 aromatic rings. The number of hydrogen-bond acceptors (Lipinski definition) is 7. The smallest absolute Gasteiger partial charge is 0.245 e. The number of benzene rings is 1. The first-order valence-corrected chi connectivity index (χ1v) is 11.6. The van der Waals surface area contributed by atoms with Gasteiger partial charge in [-0.25, -0.2) is 15.0 Å². The first kappa shape index (κ1) is 21.8. The summed E-state index contributed by atoms with van der Waals surface area (Å²) < 4.78 is 7.75. The molecule has 1 aromatic carbocycles. The van der Waals surface area contributed by atoms with Crippen LogP contribution in [0.25, 0.3) is 22.2 Å². The molecule has 178 valence electrons. The molecule has 1 saturated carbocycles. The molecule has 2 aliphatic rings. The lowest BCUT2D eigenvalue weighted by Crippen LogP contribution is -2.29. The van der Waals surface area contributed by atoms with Crippen LogP contribution in [-0.2, 0) is 11.8 Å². The second kappa shape index (κ2) is 8.50. The maximum absolute atomic E-state index is 11.9. The van der Waals surface area contributed by atoms with E-state index >= 15 is 0 Å². The third-order valence-corrected chi connectivity index (χ3v) is 6.94. The Bertz CT molecular complexity index is 1540. The van der Waals surface area contributed by atoms with Crippen LogP contribution in [0.4, 0.5) is 5.82 Å². The summed E-state index contributed by atoms with van der Waals surface area (Å²) in [5, 5.41) is 0.769. The third-order valence-electron chi connectivity index (χ3n) is 6.94.